The molecule has 1 aromatic carbocycles. The highest BCUT2D eigenvalue weighted by atomic mass is 16.4. The zero-order chi connectivity index (χ0) is 13.8. The van der Waals surface area contributed by atoms with Gasteiger partial charge in [0.05, 0.1) is 5.92 Å². The van der Waals surface area contributed by atoms with Gasteiger partial charge in [0.25, 0.3) is 0 Å². The van der Waals surface area contributed by atoms with Gasteiger partial charge in [0.1, 0.15) is 0 Å². The van der Waals surface area contributed by atoms with E-state index in [0.29, 0.717) is 6.54 Å². The predicted molar refractivity (Wildman–Crippen MR) is 75.5 cm³/mol. The Hall–Kier alpha value is -1.39. The molecule has 1 aromatic rings. The van der Waals surface area contributed by atoms with Crippen molar-refractivity contribution in [1.29, 1.82) is 0 Å². The Balaban J connectivity index is 2.04. The van der Waals surface area contributed by atoms with Crippen LogP contribution in [0.1, 0.15) is 17.0 Å². The van der Waals surface area contributed by atoms with E-state index in [9.17, 15) is 9.90 Å². The third-order valence-corrected chi connectivity index (χ3v) is 3.81. The molecule has 4 heteroatoms. The fourth-order valence-electron chi connectivity index (χ4n) is 2.41. The average molecular weight is 262 g/mol. The molecule has 104 valence electrons. The van der Waals surface area contributed by atoms with Crippen molar-refractivity contribution >= 4 is 5.97 Å². The molecule has 2 rings (SSSR count). The van der Waals surface area contributed by atoms with Gasteiger partial charge < -0.3 is 10.0 Å². The molecule has 0 amide bonds. The topological polar surface area (TPSA) is 43.8 Å². The van der Waals surface area contributed by atoms with E-state index in [-0.39, 0.29) is 0 Å². The zero-order valence-corrected chi connectivity index (χ0v) is 11.7. The fraction of sp³-hybridized carbons (Fsp3) is 0.533. The molecule has 1 unspecified atom stereocenters. The maximum absolute atomic E-state index is 11.5. The van der Waals surface area contributed by atoms with Crippen molar-refractivity contribution in [1.82, 2.24) is 9.80 Å². The lowest BCUT2D eigenvalue weighted by Gasteiger charge is -2.33. The Labute approximate surface area is 114 Å². The number of hydrogen-bond donors (Lipinski definition) is 1. The van der Waals surface area contributed by atoms with Crippen molar-refractivity contribution in [2.75, 3.05) is 39.8 Å². The number of carboxylic acids is 1. The maximum atomic E-state index is 11.5. The van der Waals surface area contributed by atoms with Crippen molar-refractivity contribution in [3.63, 3.8) is 0 Å². The van der Waals surface area contributed by atoms with E-state index in [1.165, 1.54) is 0 Å². The summed E-state index contributed by atoms with van der Waals surface area (Å²) in [5, 5.41) is 9.44. The SMILES string of the molecule is Cc1ccc(C(CN2CCN(C)CC2)C(=O)O)cc1. The van der Waals surface area contributed by atoms with E-state index in [4.69, 9.17) is 0 Å². The van der Waals surface area contributed by atoms with Gasteiger partial charge in [-0.2, -0.15) is 0 Å². The van der Waals surface area contributed by atoms with Crippen LogP contribution in [0.25, 0.3) is 0 Å². The summed E-state index contributed by atoms with van der Waals surface area (Å²) in [4.78, 5) is 16.0. The summed E-state index contributed by atoms with van der Waals surface area (Å²) < 4.78 is 0. The van der Waals surface area contributed by atoms with Gasteiger partial charge >= 0.3 is 5.97 Å². The van der Waals surface area contributed by atoms with Gasteiger partial charge in [0.2, 0.25) is 0 Å². The molecule has 19 heavy (non-hydrogen) atoms. The summed E-state index contributed by atoms with van der Waals surface area (Å²) in [5.74, 6) is -1.16. The van der Waals surface area contributed by atoms with Gasteiger partial charge in [0.15, 0.2) is 0 Å². The van der Waals surface area contributed by atoms with Crippen LogP contribution in [0, 0.1) is 6.92 Å². The van der Waals surface area contributed by atoms with Crippen LogP contribution in [0.15, 0.2) is 24.3 Å². The molecule has 1 heterocycles. The Morgan fingerprint density at radius 3 is 2.32 bits per heavy atom. The van der Waals surface area contributed by atoms with Crippen molar-refractivity contribution in [2.24, 2.45) is 0 Å². The lowest BCUT2D eigenvalue weighted by atomic mass is 9.97. The smallest absolute Gasteiger partial charge is 0.312 e. The molecule has 1 atom stereocenters. The molecule has 1 N–H and O–H groups in total. The molecule has 0 aromatic heterocycles. The summed E-state index contributed by atoms with van der Waals surface area (Å²) in [6, 6.07) is 7.83. The summed E-state index contributed by atoms with van der Waals surface area (Å²) in [5.41, 5.74) is 2.06. The molecule has 0 spiro atoms. The summed E-state index contributed by atoms with van der Waals surface area (Å²) in [6.07, 6.45) is 0. The number of likely N-dealkylation sites (N-methyl/N-ethyl adjacent to an activating group) is 1. The Morgan fingerprint density at radius 2 is 1.79 bits per heavy atom. The van der Waals surface area contributed by atoms with Crippen molar-refractivity contribution in [3.05, 3.63) is 35.4 Å². The normalized spacial score (nSPS) is 19.3. The Kier molecular flexibility index (Phi) is 4.56. The van der Waals surface area contributed by atoms with E-state index in [0.717, 1.165) is 37.3 Å². The lowest BCUT2D eigenvalue weighted by molar-refractivity contribution is -0.139. The molecule has 0 saturated carbocycles. The van der Waals surface area contributed by atoms with Gasteiger partial charge in [-0.05, 0) is 19.5 Å². The minimum absolute atomic E-state index is 0.427. The lowest BCUT2D eigenvalue weighted by Crippen LogP contribution is -2.46. The van der Waals surface area contributed by atoms with Crippen LogP contribution in [0.2, 0.25) is 0 Å². The summed E-state index contributed by atoms with van der Waals surface area (Å²) in [6.45, 7) is 6.55. The van der Waals surface area contributed by atoms with E-state index < -0.39 is 11.9 Å². The highest BCUT2D eigenvalue weighted by Gasteiger charge is 2.24. The number of piperazine rings is 1. The van der Waals surface area contributed by atoms with Crippen LogP contribution >= 0.6 is 0 Å². The van der Waals surface area contributed by atoms with Gasteiger partial charge in [-0.25, -0.2) is 0 Å². The Bertz CT molecular complexity index is 422. The van der Waals surface area contributed by atoms with Crippen LogP contribution in [0.4, 0.5) is 0 Å². The second-order valence-electron chi connectivity index (χ2n) is 5.41. The fourth-order valence-corrected chi connectivity index (χ4v) is 2.41. The molecular formula is C15H22N2O2. The van der Waals surface area contributed by atoms with Crippen LogP contribution in [0.5, 0.6) is 0 Å². The number of carbonyl (C=O) groups is 1. The number of aliphatic carboxylic acids is 1. The van der Waals surface area contributed by atoms with Crippen molar-refractivity contribution < 1.29 is 9.90 Å². The average Bonchev–Trinajstić information content (AvgIpc) is 2.39. The first-order chi connectivity index (χ1) is 9.06. The van der Waals surface area contributed by atoms with Gasteiger partial charge in [0, 0.05) is 32.7 Å². The third-order valence-electron chi connectivity index (χ3n) is 3.81. The quantitative estimate of drug-likeness (QED) is 0.891. The molecule has 0 bridgehead atoms. The molecule has 0 aliphatic carbocycles. The highest BCUT2D eigenvalue weighted by Crippen LogP contribution is 2.19. The zero-order valence-electron chi connectivity index (χ0n) is 11.7. The highest BCUT2D eigenvalue weighted by molar-refractivity contribution is 5.76. The third kappa shape index (κ3) is 3.78. The van der Waals surface area contributed by atoms with E-state index in [1.807, 2.05) is 31.2 Å². The largest absolute Gasteiger partial charge is 0.481 e. The van der Waals surface area contributed by atoms with Gasteiger partial charge in [-0.3, -0.25) is 9.69 Å². The van der Waals surface area contributed by atoms with Gasteiger partial charge in [-0.15, -0.1) is 0 Å². The van der Waals surface area contributed by atoms with Crippen LogP contribution in [-0.4, -0.2) is 60.6 Å². The number of rotatable bonds is 4. The number of hydrogen-bond acceptors (Lipinski definition) is 3. The first-order valence-corrected chi connectivity index (χ1v) is 6.76. The van der Waals surface area contributed by atoms with E-state index in [2.05, 4.69) is 16.8 Å². The van der Waals surface area contributed by atoms with E-state index >= 15 is 0 Å². The Morgan fingerprint density at radius 1 is 1.21 bits per heavy atom. The molecule has 0 radical (unpaired) electrons. The molecule has 1 saturated heterocycles. The second kappa shape index (κ2) is 6.17. The van der Waals surface area contributed by atoms with Crippen molar-refractivity contribution in [2.45, 2.75) is 12.8 Å². The molecular weight excluding hydrogens is 240 g/mol. The predicted octanol–water partition coefficient (Wildman–Crippen LogP) is 1.41. The first-order valence-electron chi connectivity index (χ1n) is 6.76. The minimum atomic E-state index is -0.734. The maximum Gasteiger partial charge on any atom is 0.312 e. The summed E-state index contributed by atoms with van der Waals surface area (Å²) in [7, 11) is 2.10. The van der Waals surface area contributed by atoms with Crippen LogP contribution in [-0.2, 0) is 4.79 Å². The van der Waals surface area contributed by atoms with Crippen molar-refractivity contribution in [3.8, 4) is 0 Å². The number of carboxylic acid groups (broad SMARTS) is 1. The van der Waals surface area contributed by atoms with Crippen LogP contribution in [0.3, 0.4) is 0 Å². The summed E-state index contributed by atoms with van der Waals surface area (Å²) >= 11 is 0. The van der Waals surface area contributed by atoms with Gasteiger partial charge in [-0.1, -0.05) is 29.8 Å². The molecule has 1 fully saturated rings. The number of benzene rings is 1. The number of aryl methyl sites for hydroxylation is 1. The first kappa shape index (κ1) is 14.0. The minimum Gasteiger partial charge on any atom is -0.481 e. The molecule has 1 aliphatic heterocycles. The van der Waals surface area contributed by atoms with E-state index in [1.54, 1.807) is 0 Å². The van der Waals surface area contributed by atoms with Crippen LogP contribution < -0.4 is 0 Å². The number of nitrogens with zero attached hydrogens (tertiary/aromatic N) is 2. The standard InChI is InChI=1S/C15H22N2O2/c1-12-3-5-13(6-4-12)14(15(18)19)11-17-9-7-16(2)8-10-17/h3-6,14H,7-11H2,1-2H3,(H,18,19). The monoisotopic (exact) mass is 262 g/mol. The molecule has 1 aliphatic rings. The second-order valence-corrected chi connectivity index (χ2v) is 5.41. The molecule has 4 nitrogen and oxygen atoms in total.